The molecule has 0 aliphatic carbocycles. The van der Waals surface area contributed by atoms with Gasteiger partial charge in [0.2, 0.25) is 0 Å². The van der Waals surface area contributed by atoms with E-state index in [4.69, 9.17) is 10.8 Å². The number of hydrogen-bond acceptors (Lipinski definition) is 4. The molecule has 0 fully saturated rings. The number of nitrogens with two attached hydrogens (primary N) is 1. The second kappa shape index (κ2) is 4.63. The van der Waals surface area contributed by atoms with Crippen LogP contribution in [-0.2, 0) is 4.79 Å². The molecule has 1 rings (SSSR count). The average molecular weight is 226 g/mol. The van der Waals surface area contributed by atoms with Crippen LogP contribution in [0.15, 0.2) is 24.5 Å². The van der Waals surface area contributed by atoms with Crippen molar-refractivity contribution in [2.24, 2.45) is 5.73 Å². The van der Waals surface area contributed by atoms with E-state index in [2.05, 4.69) is 17.6 Å². The van der Waals surface area contributed by atoms with Crippen LogP contribution in [0.25, 0.3) is 0 Å². The molecule has 1 heterocycles. The van der Waals surface area contributed by atoms with Gasteiger partial charge in [0.1, 0.15) is 5.54 Å². The first-order valence-electron chi connectivity index (χ1n) is 4.55. The van der Waals surface area contributed by atoms with Crippen molar-refractivity contribution in [3.05, 3.63) is 30.1 Å². The van der Waals surface area contributed by atoms with E-state index in [-0.39, 0.29) is 11.7 Å². The molecule has 1 aromatic heterocycles. The van der Waals surface area contributed by atoms with E-state index >= 15 is 0 Å². The largest absolute Gasteiger partial charge is 0.480 e. The maximum absolute atomic E-state index is 11.1. The van der Waals surface area contributed by atoms with Crippen LogP contribution < -0.4 is 5.73 Å². The highest BCUT2D eigenvalue weighted by Gasteiger charge is 2.39. The van der Waals surface area contributed by atoms with Crippen LogP contribution in [0.2, 0.25) is 0 Å². The molecule has 5 heteroatoms. The molecule has 3 N–H and O–H groups in total. The Kier molecular flexibility index (Phi) is 3.71. The highest BCUT2D eigenvalue weighted by atomic mass is 32.1. The van der Waals surface area contributed by atoms with E-state index in [9.17, 15) is 4.79 Å². The van der Waals surface area contributed by atoms with Crippen LogP contribution in [0.4, 0.5) is 0 Å². The monoisotopic (exact) mass is 226 g/mol. The number of carboxylic acids is 1. The number of pyridine rings is 1. The van der Waals surface area contributed by atoms with Crippen molar-refractivity contribution in [1.29, 1.82) is 0 Å². The van der Waals surface area contributed by atoms with E-state index in [1.807, 2.05) is 0 Å². The Morgan fingerprint density at radius 3 is 2.60 bits per heavy atom. The highest BCUT2D eigenvalue weighted by Crippen LogP contribution is 2.26. The molecule has 4 nitrogen and oxygen atoms in total. The Hall–Kier alpha value is -1.07. The van der Waals surface area contributed by atoms with Crippen LogP contribution in [0, 0.1) is 0 Å². The number of carbonyl (C=O) groups is 1. The van der Waals surface area contributed by atoms with Gasteiger partial charge >= 0.3 is 5.97 Å². The fourth-order valence-electron chi connectivity index (χ4n) is 1.34. The van der Waals surface area contributed by atoms with Gasteiger partial charge in [-0.15, -0.1) is 0 Å². The fourth-order valence-corrected chi connectivity index (χ4v) is 1.75. The number of nitrogens with zero attached hydrogens (tertiary/aromatic N) is 1. The van der Waals surface area contributed by atoms with Gasteiger partial charge in [0, 0.05) is 24.1 Å². The molecular weight excluding hydrogens is 212 g/mol. The third-order valence-electron chi connectivity index (χ3n) is 2.64. The predicted molar refractivity (Wildman–Crippen MR) is 61.1 cm³/mol. The van der Waals surface area contributed by atoms with Gasteiger partial charge in [0.15, 0.2) is 0 Å². The molecule has 0 amide bonds. The molecule has 15 heavy (non-hydrogen) atoms. The van der Waals surface area contributed by atoms with Crippen molar-refractivity contribution in [1.82, 2.24) is 4.98 Å². The van der Waals surface area contributed by atoms with Gasteiger partial charge in [-0.1, -0.05) is 6.92 Å². The zero-order chi connectivity index (χ0) is 11.5. The molecule has 2 atom stereocenters. The lowest BCUT2D eigenvalue weighted by Gasteiger charge is -2.29. The summed E-state index contributed by atoms with van der Waals surface area (Å²) >= 11 is 4.01. The number of rotatable bonds is 4. The van der Waals surface area contributed by atoms with Crippen molar-refractivity contribution in [2.75, 3.05) is 5.75 Å². The van der Waals surface area contributed by atoms with E-state index < -0.39 is 11.5 Å². The summed E-state index contributed by atoms with van der Waals surface area (Å²) in [7, 11) is 0. The fraction of sp³-hybridized carbons (Fsp3) is 0.400. The summed E-state index contributed by atoms with van der Waals surface area (Å²) in [5.74, 6) is -1.26. The second-order valence-electron chi connectivity index (χ2n) is 3.51. The van der Waals surface area contributed by atoms with Crippen LogP contribution >= 0.6 is 12.6 Å². The zero-order valence-electron chi connectivity index (χ0n) is 8.42. The van der Waals surface area contributed by atoms with Crippen LogP contribution in [0.1, 0.15) is 18.4 Å². The molecule has 0 bridgehead atoms. The maximum Gasteiger partial charge on any atom is 0.325 e. The summed E-state index contributed by atoms with van der Waals surface area (Å²) in [5.41, 5.74) is 5.33. The van der Waals surface area contributed by atoms with E-state index in [1.165, 1.54) is 0 Å². The Bertz CT molecular complexity index is 345. The zero-order valence-corrected chi connectivity index (χ0v) is 9.32. The lowest BCUT2D eigenvalue weighted by atomic mass is 9.83. The summed E-state index contributed by atoms with van der Waals surface area (Å²) in [4.78, 5) is 15.0. The standard InChI is InChI=1S/C10H14N2O2S/c1-7(8-2-4-12-5-3-8)10(11,6-15)9(13)14/h2-5,7,15H,6,11H2,1H3,(H,13,14). The SMILES string of the molecule is CC(c1ccncc1)C(N)(CS)C(=O)O. The van der Waals surface area contributed by atoms with Crippen molar-refractivity contribution in [3.8, 4) is 0 Å². The molecule has 1 aromatic rings. The number of hydrogen-bond donors (Lipinski definition) is 3. The molecule has 82 valence electrons. The Labute approximate surface area is 93.9 Å². The van der Waals surface area contributed by atoms with Crippen LogP contribution in [0.3, 0.4) is 0 Å². The Balaban J connectivity index is 3.02. The molecule has 0 aromatic carbocycles. The van der Waals surface area contributed by atoms with Gasteiger partial charge in [-0.3, -0.25) is 9.78 Å². The molecular formula is C10H14N2O2S. The normalized spacial score (nSPS) is 16.7. The van der Waals surface area contributed by atoms with Gasteiger partial charge < -0.3 is 10.8 Å². The molecule has 0 saturated heterocycles. The molecule has 0 spiro atoms. The summed E-state index contributed by atoms with van der Waals surface area (Å²) < 4.78 is 0. The predicted octanol–water partition coefficient (Wildman–Crippen LogP) is 0.897. The molecule has 0 saturated carbocycles. The van der Waals surface area contributed by atoms with E-state index in [0.717, 1.165) is 5.56 Å². The summed E-state index contributed by atoms with van der Waals surface area (Å²) in [5, 5.41) is 9.07. The van der Waals surface area contributed by atoms with Crippen molar-refractivity contribution >= 4 is 18.6 Å². The highest BCUT2D eigenvalue weighted by molar-refractivity contribution is 7.80. The van der Waals surface area contributed by atoms with E-state index in [0.29, 0.717) is 0 Å². The molecule has 0 radical (unpaired) electrons. The topological polar surface area (TPSA) is 76.2 Å². The number of aliphatic carboxylic acids is 1. The minimum absolute atomic E-state index is 0.0891. The second-order valence-corrected chi connectivity index (χ2v) is 3.82. The summed E-state index contributed by atoms with van der Waals surface area (Å²) in [6.45, 7) is 1.78. The van der Waals surface area contributed by atoms with Gasteiger partial charge in [-0.25, -0.2) is 0 Å². The Morgan fingerprint density at radius 1 is 1.67 bits per heavy atom. The lowest BCUT2D eigenvalue weighted by Crippen LogP contribution is -2.53. The first-order chi connectivity index (χ1) is 7.02. The van der Waals surface area contributed by atoms with E-state index in [1.54, 1.807) is 31.5 Å². The minimum atomic E-state index is -1.34. The van der Waals surface area contributed by atoms with Gasteiger partial charge in [0.25, 0.3) is 0 Å². The smallest absolute Gasteiger partial charge is 0.325 e. The molecule has 2 unspecified atom stereocenters. The van der Waals surface area contributed by atoms with Gasteiger partial charge in [-0.05, 0) is 17.7 Å². The number of carboxylic acid groups (broad SMARTS) is 1. The summed E-state index contributed by atoms with van der Waals surface area (Å²) in [6, 6.07) is 3.53. The number of aromatic nitrogens is 1. The maximum atomic E-state index is 11.1. The van der Waals surface area contributed by atoms with Crippen LogP contribution in [-0.4, -0.2) is 27.4 Å². The molecule has 0 aliphatic rings. The van der Waals surface area contributed by atoms with Gasteiger partial charge in [-0.2, -0.15) is 12.6 Å². The third-order valence-corrected chi connectivity index (χ3v) is 3.16. The first kappa shape index (κ1) is 12.0. The minimum Gasteiger partial charge on any atom is -0.480 e. The van der Waals surface area contributed by atoms with Crippen molar-refractivity contribution in [3.63, 3.8) is 0 Å². The Morgan fingerprint density at radius 2 is 2.20 bits per heavy atom. The average Bonchev–Trinajstić information content (AvgIpc) is 2.28. The lowest BCUT2D eigenvalue weighted by molar-refractivity contribution is -0.143. The first-order valence-corrected chi connectivity index (χ1v) is 5.18. The quantitative estimate of drug-likeness (QED) is 0.667. The molecule has 0 aliphatic heterocycles. The van der Waals surface area contributed by atoms with Crippen molar-refractivity contribution < 1.29 is 9.90 Å². The van der Waals surface area contributed by atoms with Gasteiger partial charge in [0.05, 0.1) is 0 Å². The number of thiol groups is 1. The summed E-state index contributed by atoms with van der Waals surface area (Å²) in [6.07, 6.45) is 3.24. The van der Waals surface area contributed by atoms with Crippen LogP contribution in [0.5, 0.6) is 0 Å². The van der Waals surface area contributed by atoms with Crippen molar-refractivity contribution in [2.45, 2.75) is 18.4 Å². The third kappa shape index (κ3) is 2.30.